The van der Waals surface area contributed by atoms with Gasteiger partial charge in [0.1, 0.15) is 11.6 Å². The molecule has 6 heteroatoms. The molecule has 0 spiro atoms. The lowest BCUT2D eigenvalue weighted by Gasteiger charge is -2.20. The molecule has 0 fully saturated rings. The van der Waals surface area contributed by atoms with E-state index in [0.29, 0.717) is 25.8 Å². The zero-order chi connectivity index (χ0) is 16.4. The van der Waals surface area contributed by atoms with Crippen LogP contribution in [0.3, 0.4) is 0 Å². The van der Waals surface area contributed by atoms with Crippen LogP contribution in [0.2, 0.25) is 0 Å². The number of nitrogens with two attached hydrogens (primary N) is 2. The zero-order valence-corrected chi connectivity index (χ0v) is 13.7. The van der Waals surface area contributed by atoms with Crippen molar-refractivity contribution in [2.24, 2.45) is 22.4 Å². The van der Waals surface area contributed by atoms with E-state index in [9.17, 15) is 9.59 Å². The standard InChI is InChI=1S/C15H30N4O2/c1-10(2)13(20)7-8-14(21)12(19-11(3)4)6-5-9-18-15(16)17/h10-12,19H,5-9H2,1-4H3,(H4,16,17,18)/t12-/m1/s1. The zero-order valence-electron chi connectivity index (χ0n) is 13.7. The van der Waals surface area contributed by atoms with E-state index in [4.69, 9.17) is 11.5 Å². The maximum absolute atomic E-state index is 12.2. The van der Waals surface area contributed by atoms with Crippen molar-refractivity contribution >= 4 is 17.5 Å². The number of hydrogen-bond donors (Lipinski definition) is 3. The quantitative estimate of drug-likeness (QED) is 0.299. The van der Waals surface area contributed by atoms with Gasteiger partial charge in [-0.05, 0) is 12.8 Å². The summed E-state index contributed by atoms with van der Waals surface area (Å²) in [4.78, 5) is 27.8. The molecule has 0 aliphatic rings. The molecule has 0 bridgehead atoms. The highest BCUT2D eigenvalue weighted by Crippen LogP contribution is 2.08. The summed E-state index contributed by atoms with van der Waals surface area (Å²) in [5, 5.41) is 3.25. The number of hydrogen-bond acceptors (Lipinski definition) is 4. The van der Waals surface area contributed by atoms with Crippen molar-refractivity contribution in [1.29, 1.82) is 0 Å². The number of nitrogens with one attached hydrogen (secondary N) is 1. The summed E-state index contributed by atoms with van der Waals surface area (Å²) in [6.45, 7) is 8.21. The van der Waals surface area contributed by atoms with Crippen molar-refractivity contribution in [3.05, 3.63) is 0 Å². The molecule has 0 amide bonds. The molecule has 0 aliphatic heterocycles. The van der Waals surface area contributed by atoms with Crippen LogP contribution >= 0.6 is 0 Å². The van der Waals surface area contributed by atoms with E-state index in [2.05, 4.69) is 10.3 Å². The summed E-state index contributed by atoms with van der Waals surface area (Å²) in [5.74, 6) is 0.267. The smallest absolute Gasteiger partial charge is 0.185 e. The second-order valence-corrected chi connectivity index (χ2v) is 5.91. The minimum Gasteiger partial charge on any atom is -0.370 e. The van der Waals surface area contributed by atoms with Crippen LogP contribution in [0, 0.1) is 5.92 Å². The third-order valence-electron chi connectivity index (χ3n) is 3.13. The highest BCUT2D eigenvalue weighted by atomic mass is 16.1. The predicted molar refractivity (Wildman–Crippen MR) is 86.1 cm³/mol. The molecule has 1 atom stereocenters. The van der Waals surface area contributed by atoms with Crippen LogP contribution in [0.15, 0.2) is 4.99 Å². The molecule has 0 unspecified atom stereocenters. The van der Waals surface area contributed by atoms with Crippen molar-refractivity contribution in [3.63, 3.8) is 0 Å². The second kappa shape index (κ2) is 10.3. The van der Waals surface area contributed by atoms with Gasteiger partial charge in [0.25, 0.3) is 0 Å². The number of Topliss-reactive ketones (excluding diaryl/α,β-unsaturated/α-hetero) is 2. The predicted octanol–water partition coefficient (Wildman–Crippen LogP) is 0.981. The highest BCUT2D eigenvalue weighted by Gasteiger charge is 2.20. The van der Waals surface area contributed by atoms with Gasteiger partial charge in [-0.3, -0.25) is 14.6 Å². The van der Waals surface area contributed by atoms with Crippen molar-refractivity contribution in [3.8, 4) is 0 Å². The Bertz CT molecular complexity index is 361. The van der Waals surface area contributed by atoms with Crippen molar-refractivity contribution in [2.75, 3.05) is 6.54 Å². The summed E-state index contributed by atoms with van der Waals surface area (Å²) in [6, 6.07) is -0.0259. The number of rotatable bonds is 11. The summed E-state index contributed by atoms with van der Waals surface area (Å²) in [7, 11) is 0. The number of ketones is 2. The van der Waals surface area contributed by atoms with Gasteiger partial charge in [-0.1, -0.05) is 27.7 Å². The third-order valence-corrected chi connectivity index (χ3v) is 3.13. The fraction of sp³-hybridized carbons (Fsp3) is 0.800. The van der Waals surface area contributed by atoms with E-state index in [1.54, 1.807) is 0 Å². The molecule has 0 aromatic heterocycles. The Morgan fingerprint density at radius 1 is 1.05 bits per heavy atom. The molecule has 0 rings (SSSR count). The van der Waals surface area contributed by atoms with Crippen LogP contribution in [0.1, 0.15) is 53.4 Å². The summed E-state index contributed by atoms with van der Waals surface area (Å²) >= 11 is 0. The summed E-state index contributed by atoms with van der Waals surface area (Å²) < 4.78 is 0. The van der Waals surface area contributed by atoms with Gasteiger partial charge in [-0.2, -0.15) is 0 Å². The highest BCUT2D eigenvalue weighted by molar-refractivity contribution is 5.89. The van der Waals surface area contributed by atoms with Gasteiger partial charge in [0.15, 0.2) is 5.96 Å². The molecule has 5 N–H and O–H groups in total. The first-order chi connectivity index (χ1) is 9.73. The summed E-state index contributed by atoms with van der Waals surface area (Å²) in [6.07, 6.45) is 2.01. The van der Waals surface area contributed by atoms with E-state index < -0.39 is 0 Å². The molecule has 0 aliphatic carbocycles. The van der Waals surface area contributed by atoms with Gasteiger partial charge in [-0.25, -0.2) is 0 Å². The lowest BCUT2D eigenvalue weighted by Crippen LogP contribution is -2.41. The SMILES string of the molecule is CC(C)N[C@H](CCCN=C(N)N)C(=O)CCC(=O)C(C)C. The minimum absolute atomic E-state index is 0.0174. The first-order valence-corrected chi connectivity index (χ1v) is 7.60. The molecule has 6 nitrogen and oxygen atoms in total. The van der Waals surface area contributed by atoms with Gasteiger partial charge in [0.2, 0.25) is 0 Å². The van der Waals surface area contributed by atoms with Crippen LogP contribution in [-0.4, -0.2) is 36.2 Å². The average molecular weight is 298 g/mol. The van der Waals surface area contributed by atoms with Gasteiger partial charge in [-0.15, -0.1) is 0 Å². The largest absolute Gasteiger partial charge is 0.370 e. The van der Waals surface area contributed by atoms with Gasteiger partial charge in [0, 0.05) is 31.3 Å². The molecular weight excluding hydrogens is 268 g/mol. The molecule has 0 radical (unpaired) electrons. The maximum atomic E-state index is 12.2. The fourth-order valence-electron chi connectivity index (χ4n) is 1.95. The maximum Gasteiger partial charge on any atom is 0.185 e. The molecule has 0 aromatic rings. The van der Waals surface area contributed by atoms with E-state index in [1.165, 1.54) is 0 Å². The number of nitrogens with zero attached hydrogens (tertiary/aromatic N) is 1. The number of aliphatic imine (C=N–C) groups is 1. The number of carbonyl (C=O) groups excluding carboxylic acids is 2. The molecule has 0 aromatic carbocycles. The van der Waals surface area contributed by atoms with E-state index in [-0.39, 0.29) is 35.5 Å². The third kappa shape index (κ3) is 10.0. The van der Waals surface area contributed by atoms with Gasteiger partial charge >= 0.3 is 0 Å². The van der Waals surface area contributed by atoms with E-state index >= 15 is 0 Å². The first-order valence-electron chi connectivity index (χ1n) is 7.60. The van der Waals surface area contributed by atoms with E-state index in [1.807, 2.05) is 27.7 Å². The molecule has 21 heavy (non-hydrogen) atoms. The van der Waals surface area contributed by atoms with Crippen LogP contribution in [0.5, 0.6) is 0 Å². The molecule has 122 valence electrons. The van der Waals surface area contributed by atoms with Crippen LogP contribution in [0.25, 0.3) is 0 Å². The topological polar surface area (TPSA) is 111 Å². The number of guanidine groups is 1. The van der Waals surface area contributed by atoms with Crippen molar-refractivity contribution < 1.29 is 9.59 Å². The Morgan fingerprint density at radius 3 is 2.10 bits per heavy atom. The Kier molecular flexibility index (Phi) is 9.62. The van der Waals surface area contributed by atoms with E-state index in [0.717, 1.165) is 6.42 Å². The fourth-order valence-corrected chi connectivity index (χ4v) is 1.95. The Labute approximate surface area is 127 Å². The average Bonchev–Trinajstić information content (AvgIpc) is 2.38. The Hall–Kier alpha value is -1.43. The summed E-state index contributed by atoms with van der Waals surface area (Å²) in [5.41, 5.74) is 10.5. The lowest BCUT2D eigenvalue weighted by atomic mass is 9.98. The van der Waals surface area contributed by atoms with Crippen molar-refractivity contribution in [2.45, 2.75) is 65.5 Å². The Balaban J connectivity index is 4.35. The molecule has 0 saturated heterocycles. The second-order valence-electron chi connectivity index (χ2n) is 5.91. The van der Waals surface area contributed by atoms with Gasteiger partial charge < -0.3 is 16.8 Å². The Morgan fingerprint density at radius 2 is 1.62 bits per heavy atom. The van der Waals surface area contributed by atoms with Crippen molar-refractivity contribution in [1.82, 2.24) is 5.32 Å². The first kappa shape index (κ1) is 19.6. The monoisotopic (exact) mass is 298 g/mol. The van der Waals surface area contributed by atoms with Crippen LogP contribution in [0.4, 0.5) is 0 Å². The normalized spacial score (nSPS) is 12.5. The van der Waals surface area contributed by atoms with Gasteiger partial charge in [0.05, 0.1) is 6.04 Å². The molecule has 0 heterocycles. The lowest BCUT2D eigenvalue weighted by molar-refractivity contribution is -0.126. The molecular formula is C15H30N4O2. The van der Waals surface area contributed by atoms with Crippen LogP contribution < -0.4 is 16.8 Å². The molecule has 0 saturated carbocycles. The van der Waals surface area contributed by atoms with Crippen LogP contribution in [-0.2, 0) is 9.59 Å². The number of carbonyl (C=O) groups is 2. The minimum atomic E-state index is -0.237.